The number of esters is 1. The van der Waals surface area contributed by atoms with Gasteiger partial charge < -0.3 is 20.1 Å². The largest absolute Gasteiger partial charge is 0.448 e. The standard InChI is InChI=1S/C30H32ClN3O6S/c1-30(2,3)40-29(38)32-17-22(35)33-23-26(36)34-24(21(15-10-16-31)18-41-27(23)34)28(37)39-25(19-11-6-4-7-12-19)20-13-8-5-9-14-20/h4-15,23,25,27H,16-18H2,1-3H3,(H,32,38)(H,33,35)/b15-10-. The smallest absolute Gasteiger partial charge is 0.408 e. The SMILES string of the molecule is CC(C)(C)OC(=O)NCC(=O)NC1C(=O)N2C(C(=O)OC(c3ccccc3)c3ccccc3)=C(/C=C\CCl)CSC12. The van der Waals surface area contributed by atoms with Crippen molar-refractivity contribution in [3.8, 4) is 0 Å². The number of ether oxygens (including phenoxy) is 2. The molecule has 1 saturated heterocycles. The van der Waals surface area contributed by atoms with Gasteiger partial charge in [-0.15, -0.1) is 23.4 Å². The van der Waals surface area contributed by atoms with E-state index in [2.05, 4.69) is 10.6 Å². The molecule has 0 radical (unpaired) electrons. The van der Waals surface area contributed by atoms with E-state index in [0.717, 1.165) is 11.1 Å². The Morgan fingerprint density at radius 2 is 1.68 bits per heavy atom. The van der Waals surface area contributed by atoms with Crippen LogP contribution in [0.25, 0.3) is 0 Å². The number of allylic oxidation sites excluding steroid dienone is 2. The van der Waals surface area contributed by atoms with Gasteiger partial charge in [-0.2, -0.15) is 0 Å². The highest BCUT2D eigenvalue weighted by Crippen LogP contribution is 2.42. The van der Waals surface area contributed by atoms with Crippen molar-refractivity contribution in [3.63, 3.8) is 0 Å². The number of nitrogens with zero attached hydrogens (tertiary/aromatic N) is 1. The molecule has 2 heterocycles. The second-order valence-electron chi connectivity index (χ2n) is 10.3. The lowest BCUT2D eigenvalue weighted by molar-refractivity contribution is -0.154. The van der Waals surface area contributed by atoms with Crippen LogP contribution in [0.3, 0.4) is 0 Å². The first-order valence-electron chi connectivity index (χ1n) is 13.1. The number of amides is 3. The van der Waals surface area contributed by atoms with Crippen molar-refractivity contribution >= 4 is 47.2 Å². The average Bonchev–Trinajstić information content (AvgIpc) is 2.95. The third-order valence-corrected chi connectivity index (χ3v) is 7.62. The number of nitrogens with one attached hydrogen (secondary N) is 2. The van der Waals surface area contributed by atoms with E-state index < -0.39 is 47.0 Å². The second-order valence-corrected chi connectivity index (χ2v) is 11.8. The lowest BCUT2D eigenvalue weighted by Crippen LogP contribution is -2.71. The van der Waals surface area contributed by atoms with Crippen LogP contribution in [-0.2, 0) is 23.9 Å². The first-order valence-corrected chi connectivity index (χ1v) is 14.6. The van der Waals surface area contributed by atoms with Gasteiger partial charge in [-0.05, 0) is 37.5 Å². The molecule has 0 aliphatic carbocycles. The molecular weight excluding hydrogens is 566 g/mol. The summed E-state index contributed by atoms with van der Waals surface area (Å²) in [5.74, 6) is -1.03. The third-order valence-electron chi connectivity index (χ3n) is 6.14. The molecule has 2 aliphatic heterocycles. The Balaban J connectivity index is 1.52. The number of halogens is 1. The zero-order valence-corrected chi connectivity index (χ0v) is 24.5. The minimum Gasteiger partial charge on any atom is -0.448 e. The number of β-lactam (4-membered cyclic amide) rings is 1. The van der Waals surface area contributed by atoms with Crippen LogP contribution >= 0.6 is 23.4 Å². The number of rotatable bonds is 9. The number of benzene rings is 2. The molecule has 2 aromatic rings. The summed E-state index contributed by atoms with van der Waals surface area (Å²) in [7, 11) is 0. The minimum absolute atomic E-state index is 0.120. The Kier molecular flexibility index (Phi) is 9.77. The van der Waals surface area contributed by atoms with Crippen molar-refractivity contribution in [2.75, 3.05) is 18.2 Å². The first-order chi connectivity index (χ1) is 19.6. The molecule has 3 amide bonds. The molecule has 216 valence electrons. The molecule has 4 rings (SSSR count). The van der Waals surface area contributed by atoms with E-state index in [-0.39, 0.29) is 18.1 Å². The van der Waals surface area contributed by atoms with E-state index in [1.807, 2.05) is 60.7 Å². The topological polar surface area (TPSA) is 114 Å². The summed E-state index contributed by atoms with van der Waals surface area (Å²) in [6.07, 6.45) is 1.98. The molecule has 2 atom stereocenters. The summed E-state index contributed by atoms with van der Waals surface area (Å²) in [4.78, 5) is 52.9. The van der Waals surface area contributed by atoms with Crippen LogP contribution in [0.4, 0.5) is 4.79 Å². The second kappa shape index (κ2) is 13.3. The van der Waals surface area contributed by atoms with Gasteiger partial charge in [-0.1, -0.05) is 72.8 Å². The molecule has 11 heteroatoms. The highest BCUT2D eigenvalue weighted by atomic mass is 35.5. The number of fused-ring (bicyclic) bond motifs is 1. The predicted octanol–water partition coefficient (Wildman–Crippen LogP) is 4.29. The summed E-state index contributed by atoms with van der Waals surface area (Å²) in [5, 5.41) is 4.52. The maximum atomic E-state index is 13.8. The molecule has 41 heavy (non-hydrogen) atoms. The fraction of sp³-hybridized carbons (Fsp3) is 0.333. The van der Waals surface area contributed by atoms with Gasteiger partial charge in [0.05, 0.1) is 0 Å². The minimum atomic E-state index is -0.867. The lowest BCUT2D eigenvalue weighted by Gasteiger charge is -2.49. The van der Waals surface area contributed by atoms with Gasteiger partial charge in [0, 0.05) is 11.6 Å². The van der Waals surface area contributed by atoms with Gasteiger partial charge >= 0.3 is 12.1 Å². The molecule has 2 aromatic carbocycles. The van der Waals surface area contributed by atoms with Crippen LogP contribution in [0.15, 0.2) is 84.1 Å². The van der Waals surface area contributed by atoms with Gasteiger partial charge in [-0.3, -0.25) is 14.5 Å². The van der Waals surface area contributed by atoms with E-state index in [4.69, 9.17) is 21.1 Å². The summed E-state index contributed by atoms with van der Waals surface area (Å²) < 4.78 is 11.2. The monoisotopic (exact) mass is 597 g/mol. The van der Waals surface area contributed by atoms with E-state index in [0.29, 0.717) is 11.3 Å². The number of hydrogen-bond donors (Lipinski definition) is 2. The maximum absolute atomic E-state index is 13.8. The van der Waals surface area contributed by atoms with Gasteiger partial charge in [0.2, 0.25) is 5.91 Å². The van der Waals surface area contributed by atoms with E-state index >= 15 is 0 Å². The molecule has 2 unspecified atom stereocenters. The van der Waals surface area contributed by atoms with Crippen LogP contribution in [0.5, 0.6) is 0 Å². The number of carbonyl (C=O) groups is 4. The lowest BCUT2D eigenvalue weighted by atomic mass is 10.0. The Hall–Kier alpha value is -3.76. The van der Waals surface area contributed by atoms with Crippen molar-refractivity contribution in [2.45, 2.75) is 43.9 Å². The molecule has 9 nitrogen and oxygen atoms in total. The summed E-state index contributed by atoms with van der Waals surface area (Å²) in [6.45, 7) is 4.77. The highest BCUT2D eigenvalue weighted by Gasteiger charge is 2.54. The number of hydrogen-bond acceptors (Lipinski definition) is 7. The van der Waals surface area contributed by atoms with E-state index in [1.165, 1.54) is 16.7 Å². The Morgan fingerprint density at radius 1 is 1.07 bits per heavy atom. The number of alkyl carbamates (subject to hydrolysis) is 1. The Bertz CT molecular complexity index is 1300. The fourth-order valence-corrected chi connectivity index (χ4v) is 5.79. The maximum Gasteiger partial charge on any atom is 0.408 e. The molecule has 2 aliphatic rings. The summed E-state index contributed by atoms with van der Waals surface area (Å²) in [6, 6.07) is 17.8. The molecule has 0 aromatic heterocycles. The zero-order valence-electron chi connectivity index (χ0n) is 23.0. The average molecular weight is 598 g/mol. The van der Waals surface area contributed by atoms with Crippen molar-refractivity contribution < 1.29 is 28.7 Å². The molecule has 1 fully saturated rings. The molecule has 2 N–H and O–H groups in total. The van der Waals surface area contributed by atoms with Crippen LogP contribution in [0, 0.1) is 0 Å². The van der Waals surface area contributed by atoms with Crippen molar-refractivity contribution in [2.24, 2.45) is 0 Å². The fourth-order valence-electron chi connectivity index (χ4n) is 4.39. The van der Waals surface area contributed by atoms with Crippen LogP contribution in [-0.4, -0.2) is 64.0 Å². The number of thioether (sulfide) groups is 1. The number of alkyl halides is 1. The first kappa shape index (κ1) is 30.2. The van der Waals surface area contributed by atoms with Crippen molar-refractivity contribution in [1.82, 2.24) is 15.5 Å². The normalized spacial score (nSPS) is 18.6. The van der Waals surface area contributed by atoms with Crippen molar-refractivity contribution in [1.29, 1.82) is 0 Å². The number of carbonyl (C=O) groups excluding carboxylic acids is 4. The Labute approximate surface area is 248 Å². The zero-order chi connectivity index (χ0) is 29.6. The van der Waals surface area contributed by atoms with Gasteiger partial charge in [0.1, 0.15) is 29.3 Å². The molecular formula is C30H32ClN3O6S. The van der Waals surface area contributed by atoms with E-state index in [1.54, 1.807) is 32.9 Å². The van der Waals surface area contributed by atoms with Gasteiger partial charge in [-0.25, -0.2) is 9.59 Å². The van der Waals surface area contributed by atoms with Crippen LogP contribution in [0.2, 0.25) is 0 Å². The van der Waals surface area contributed by atoms with Crippen LogP contribution < -0.4 is 10.6 Å². The third kappa shape index (κ3) is 7.51. The molecule has 0 saturated carbocycles. The summed E-state index contributed by atoms with van der Waals surface area (Å²) >= 11 is 7.28. The summed E-state index contributed by atoms with van der Waals surface area (Å²) in [5.41, 5.74) is 1.57. The van der Waals surface area contributed by atoms with Crippen molar-refractivity contribution in [3.05, 3.63) is 95.2 Å². The molecule has 0 bridgehead atoms. The van der Waals surface area contributed by atoms with Crippen LogP contribution in [0.1, 0.15) is 38.0 Å². The predicted molar refractivity (Wildman–Crippen MR) is 157 cm³/mol. The van der Waals surface area contributed by atoms with Gasteiger partial charge in [0.25, 0.3) is 5.91 Å². The Morgan fingerprint density at radius 3 is 2.24 bits per heavy atom. The highest BCUT2D eigenvalue weighted by molar-refractivity contribution is 8.00. The van der Waals surface area contributed by atoms with Gasteiger partial charge in [0.15, 0.2) is 6.10 Å². The molecule has 0 spiro atoms. The van der Waals surface area contributed by atoms with E-state index in [9.17, 15) is 19.2 Å². The quantitative estimate of drug-likeness (QED) is 0.252.